The number of hydrogen-bond donors (Lipinski definition) is 1. The van der Waals surface area contributed by atoms with E-state index in [1.807, 2.05) is 4.90 Å². The molecule has 1 amide bonds. The van der Waals surface area contributed by atoms with Crippen molar-refractivity contribution in [3.8, 4) is 28.3 Å². The summed E-state index contributed by atoms with van der Waals surface area (Å²) in [6.07, 6.45) is 4.66. The fourth-order valence-corrected chi connectivity index (χ4v) is 6.06. The van der Waals surface area contributed by atoms with Crippen LogP contribution in [-0.4, -0.2) is 38.5 Å². The van der Waals surface area contributed by atoms with Crippen LogP contribution in [0.1, 0.15) is 41.6 Å². The first-order valence-corrected chi connectivity index (χ1v) is 12.5. The lowest BCUT2D eigenvalue weighted by atomic mass is 9.90. The molecule has 192 valence electrons. The van der Waals surface area contributed by atoms with Gasteiger partial charge in [-0.15, -0.1) is 0 Å². The fourth-order valence-electron chi connectivity index (χ4n) is 6.06. The van der Waals surface area contributed by atoms with Gasteiger partial charge in [0.15, 0.2) is 11.6 Å². The Bertz CT molecular complexity index is 1640. The number of carbonyl (C=O) groups is 1. The number of amides is 1. The Hall–Kier alpha value is -4.16. The van der Waals surface area contributed by atoms with Crippen LogP contribution in [0.3, 0.4) is 0 Å². The third-order valence-electron chi connectivity index (χ3n) is 7.84. The summed E-state index contributed by atoms with van der Waals surface area (Å²) in [6.45, 7) is 0. The van der Waals surface area contributed by atoms with E-state index in [-0.39, 0.29) is 51.8 Å². The predicted molar refractivity (Wildman–Crippen MR) is 136 cm³/mol. The first-order valence-electron chi connectivity index (χ1n) is 12.5. The summed E-state index contributed by atoms with van der Waals surface area (Å²) < 4.78 is 46.6. The molecule has 2 saturated heterocycles. The number of carbonyl (C=O) groups excluding carboxylic acids is 1. The van der Waals surface area contributed by atoms with Crippen LogP contribution in [0.2, 0.25) is 0 Å². The second kappa shape index (κ2) is 8.99. The lowest BCUT2D eigenvalue weighted by Crippen LogP contribution is -2.50. The van der Waals surface area contributed by atoms with Gasteiger partial charge in [-0.2, -0.15) is 5.26 Å². The normalized spacial score (nSPS) is 20.6. The van der Waals surface area contributed by atoms with Gasteiger partial charge in [0.05, 0.1) is 17.4 Å². The van der Waals surface area contributed by atoms with Gasteiger partial charge in [-0.3, -0.25) is 4.79 Å². The lowest BCUT2D eigenvalue weighted by Gasteiger charge is -2.38. The number of aromatic nitrogens is 2. The molecule has 1 aromatic heterocycles. The second-order valence-corrected chi connectivity index (χ2v) is 10.2. The number of nitriles is 1. The van der Waals surface area contributed by atoms with Gasteiger partial charge in [-0.1, -0.05) is 12.1 Å². The van der Waals surface area contributed by atoms with Crippen molar-refractivity contribution in [1.82, 2.24) is 14.5 Å². The van der Waals surface area contributed by atoms with Crippen LogP contribution in [0, 0.1) is 28.8 Å². The molecule has 4 aromatic rings. The maximum absolute atomic E-state index is 15.4. The summed E-state index contributed by atoms with van der Waals surface area (Å²) in [7, 11) is 1.57. The summed E-state index contributed by atoms with van der Waals surface area (Å²) in [5.74, 6) is -3.03. The monoisotopic (exact) mass is 515 g/mol. The van der Waals surface area contributed by atoms with Crippen molar-refractivity contribution in [2.45, 2.75) is 43.8 Å². The zero-order chi connectivity index (χ0) is 26.7. The van der Waals surface area contributed by atoms with Crippen molar-refractivity contribution in [1.29, 1.82) is 5.26 Å². The minimum atomic E-state index is -1.07. The molecule has 3 aromatic carbocycles. The molecule has 1 unspecified atom stereocenters. The second-order valence-electron chi connectivity index (χ2n) is 10.2. The molecule has 6 rings (SSSR count). The van der Waals surface area contributed by atoms with E-state index in [9.17, 15) is 9.18 Å². The number of hydrogen-bond acceptors (Lipinski definition) is 4. The van der Waals surface area contributed by atoms with Crippen LogP contribution in [0.5, 0.6) is 0 Å². The lowest BCUT2D eigenvalue weighted by molar-refractivity contribution is 0.0575. The highest BCUT2D eigenvalue weighted by Gasteiger charge is 2.42. The third-order valence-corrected chi connectivity index (χ3v) is 7.84. The molecular weight excluding hydrogens is 491 g/mol. The van der Waals surface area contributed by atoms with Crippen molar-refractivity contribution in [2.24, 2.45) is 12.8 Å². The molecule has 9 heteroatoms. The summed E-state index contributed by atoms with van der Waals surface area (Å²) in [6, 6.07) is 12.2. The number of rotatable bonds is 3. The molecule has 2 N–H and O–H groups in total. The molecule has 2 bridgehead atoms. The van der Waals surface area contributed by atoms with Crippen molar-refractivity contribution in [2.75, 3.05) is 0 Å². The number of fused-ring (bicyclic) bond motifs is 3. The fraction of sp³-hybridized carbons (Fsp3) is 0.276. The molecule has 0 radical (unpaired) electrons. The molecule has 0 saturated carbocycles. The van der Waals surface area contributed by atoms with Gasteiger partial charge < -0.3 is 15.2 Å². The number of halogens is 3. The van der Waals surface area contributed by atoms with Crippen molar-refractivity contribution in [3.63, 3.8) is 0 Å². The van der Waals surface area contributed by atoms with Crippen LogP contribution in [0.15, 0.2) is 48.8 Å². The number of benzene rings is 3. The summed E-state index contributed by atoms with van der Waals surface area (Å²) in [5.41, 5.74) is 7.58. The highest BCUT2D eigenvalue weighted by molar-refractivity contribution is 5.99. The van der Waals surface area contributed by atoms with Crippen LogP contribution in [0.25, 0.3) is 33.3 Å². The minimum absolute atomic E-state index is 0.0304. The van der Waals surface area contributed by atoms with Crippen molar-refractivity contribution < 1.29 is 18.0 Å². The van der Waals surface area contributed by atoms with Gasteiger partial charge in [0.2, 0.25) is 0 Å². The number of nitrogens with two attached hydrogens (primary N) is 1. The Morgan fingerprint density at radius 2 is 1.74 bits per heavy atom. The zero-order valence-electron chi connectivity index (χ0n) is 20.6. The summed E-state index contributed by atoms with van der Waals surface area (Å²) in [5, 5.41) is 9.17. The first kappa shape index (κ1) is 24.2. The Balaban J connectivity index is 1.52. The van der Waals surface area contributed by atoms with E-state index in [2.05, 4.69) is 4.98 Å². The molecule has 0 spiro atoms. The van der Waals surface area contributed by atoms with Gasteiger partial charge in [-0.25, -0.2) is 18.2 Å². The minimum Gasteiger partial charge on any atom is -0.333 e. The molecular formula is C29H24F3N5O. The number of nitrogens with zero attached hydrogens (tertiary/aromatic N) is 4. The molecule has 2 aliphatic heterocycles. The van der Waals surface area contributed by atoms with Crippen LogP contribution >= 0.6 is 0 Å². The maximum Gasteiger partial charge on any atom is 0.254 e. The zero-order valence-corrected chi connectivity index (χ0v) is 20.6. The van der Waals surface area contributed by atoms with E-state index in [4.69, 9.17) is 11.0 Å². The molecule has 3 heterocycles. The average molecular weight is 516 g/mol. The number of imidazole rings is 1. The Morgan fingerprint density at radius 1 is 1.00 bits per heavy atom. The third kappa shape index (κ3) is 3.75. The molecule has 3 atom stereocenters. The van der Waals surface area contributed by atoms with Gasteiger partial charge >= 0.3 is 0 Å². The predicted octanol–water partition coefficient (Wildman–Crippen LogP) is 5.29. The molecule has 2 aliphatic rings. The van der Waals surface area contributed by atoms with Crippen LogP contribution < -0.4 is 5.73 Å². The van der Waals surface area contributed by atoms with E-state index in [1.54, 1.807) is 31.3 Å². The van der Waals surface area contributed by atoms with E-state index in [0.29, 0.717) is 16.7 Å². The Morgan fingerprint density at radius 3 is 2.42 bits per heavy atom. The quantitative estimate of drug-likeness (QED) is 0.402. The smallest absolute Gasteiger partial charge is 0.254 e. The van der Waals surface area contributed by atoms with Crippen molar-refractivity contribution >= 4 is 16.9 Å². The standard InChI is InChI=1S/C29H24F3N5O/c1-36-14-35-25-12-23(26(31)27(32)28(25)36)21-7-4-16(8-22(21)15-2-3-17(13-33)24(30)9-15)29(38)37-19-5-6-20(37)11-18(34)10-19/h2-4,7-9,12,14,18-20H,5-6,10-11,34H2,1H3/t18?,19-,20+. The highest BCUT2D eigenvalue weighted by atomic mass is 19.2. The van der Waals surface area contributed by atoms with E-state index >= 15 is 8.78 Å². The Labute approximate surface area is 217 Å². The van der Waals surface area contributed by atoms with Crippen LogP contribution in [-0.2, 0) is 7.05 Å². The van der Waals surface area contributed by atoms with Gasteiger partial charge in [-0.05, 0) is 72.7 Å². The summed E-state index contributed by atoms with van der Waals surface area (Å²) >= 11 is 0. The van der Waals surface area contributed by atoms with E-state index < -0.39 is 17.5 Å². The number of aryl methyl sites for hydroxylation is 1. The average Bonchev–Trinajstić information content (AvgIpc) is 3.41. The maximum atomic E-state index is 15.4. The van der Waals surface area contributed by atoms with Crippen LogP contribution in [0.4, 0.5) is 13.2 Å². The van der Waals surface area contributed by atoms with Gasteiger partial charge in [0.25, 0.3) is 5.91 Å². The molecule has 0 aliphatic carbocycles. The molecule has 6 nitrogen and oxygen atoms in total. The highest BCUT2D eigenvalue weighted by Crippen LogP contribution is 2.40. The Kier molecular flexibility index (Phi) is 5.73. The van der Waals surface area contributed by atoms with Crippen molar-refractivity contribution in [3.05, 3.63) is 77.4 Å². The first-order chi connectivity index (χ1) is 18.3. The summed E-state index contributed by atoms with van der Waals surface area (Å²) in [4.78, 5) is 19.7. The van der Waals surface area contributed by atoms with E-state index in [0.717, 1.165) is 25.7 Å². The number of piperidine rings is 1. The topological polar surface area (TPSA) is 87.9 Å². The molecule has 2 fully saturated rings. The van der Waals surface area contributed by atoms with Gasteiger partial charge in [0.1, 0.15) is 17.4 Å². The van der Waals surface area contributed by atoms with Gasteiger partial charge in [0, 0.05) is 36.3 Å². The SMILES string of the molecule is Cn1cnc2cc(-c3ccc(C(=O)N4[C@@H]5CC[C@H]4CC(N)C5)cc3-c3ccc(C#N)c(F)c3)c(F)c(F)c21. The van der Waals surface area contributed by atoms with E-state index in [1.165, 1.54) is 35.2 Å². The molecule has 38 heavy (non-hydrogen) atoms. The largest absolute Gasteiger partial charge is 0.333 e.